The average Bonchev–Trinajstić information content (AvgIpc) is 3.68. The Balaban J connectivity index is 1.48. The number of carbonyl (C=O) groups excluding carboxylic acids is 2. The molecule has 1 aliphatic carbocycles. The maximum Gasteiger partial charge on any atom is 0.343 e. The zero-order valence-corrected chi connectivity index (χ0v) is 18.5. The molecule has 5 nitrogen and oxygen atoms in total. The maximum absolute atomic E-state index is 14.2. The van der Waals surface area contributed by atoms with Crippen molar-refractivity contribution in [3.63, 3.8) is 0 Å². The lowest BCUT2D eigenvalue weighted by molar-refractivity contribution is -0.141. The summed E-state index contributed by atoms with van der Waals surface area (Å²) in [6.45, 7) is 0. The summed E-state index contributed by atoms with van der Waals surface area (Å²) in [6.07, 6.45) is 2.43. The molecule has 1 atom stereocenters. The van der Waals surface area contributed by atoms with Crippen molar-refractivity contribution in [2.24, 2.45) is 5.92 Å². The SMILES string of the molecule is COC(=O)C[C@H](c1cccc(C(=O)Oc2ccc(-c3cc(OC)ccc3F)cc2)c1)C1CC1. The smallest absolute Gasteiger partial charge is 0.343 e. The molecule has 170 valence electrons. The normalized spacial score (nSPS) is 13.8. The van der Waals surface area contributed by atoms with Gasteiger partial charge in [0.25, 0.3) is 0 Å². The predicted octanol–water partition coefficient (Wildman–Crippen LogP) is 5.78. The number of esters is 2. The Bertz CT molecular complexity index is 1150. The number of methoxy groups -OCH3 is 2. The molecule has 33 heavy (non-hydrogen) atoms. The van der Waals surface area contributed by atoms with Crippen molar-refractivity contribution in [1.29, 1.82) is 0 Å². The number of ether oxygens (including phenoxy) is 3. The molecular weight excluding hydrogens is 423 g/mol. The lowest BCUT2D eigenvalue weighted by Crippen LogP contribution is -2.13. The molecule has 1 aliphatic rings. The number of hydrogen-bond acceptors (Lipinski definition) is 5. The van der Waals surface area contributed by atoms with Gasteiger partial charge >= 0.3 is 11.9 Å². The molecule has 0 N–H and O–H groups in total. The Kier molecular flexibility index (Phi) is 6.73. The molecule has 0 bridgehead atoms. The van der Waals surface area contributed by atoms with Crippen LogP contribution in [0, 0.1) is 11.7 Å². The largest absolute Gasteiger partial charge is 0.497 e. The van der Waals surface area contributed by atoms with Gasteiger partial charge in [-0.05, 0) is 78.3 Å². The molecule has 0 spiro atoms. The van der Waals surface area contributed by atoms with Crippen LogP contribution < -0.4 is 9.47 Å². The first-order valence-corrected chi connectivity index (χ1v) is 10.8. The Morgan fingerprint density at radius 3 is 2.36 bits per heavy atom. The van der Waals surface area contributed by atoms with Gasteiger partial charge in [0.2, 0.25) is 0 Å². The van der Waals surface area contributed by atoms with Crippen molar-refractivity contribution < 1.29 is 28.2 Å². The maximum atomic E-state index is 14.2. The van der Waals surface area contributed by atoms with Crippen LogP contribution in [0.3, 0.4) is 0 Å². The van der Waals surface area contributed by atoms with Crippen LogP contribution in [-0.2, 0) is 9.53 Å². The van der Waals surface area contributed by atoms with Gasteiger partial charge in [0, 0.05) is 5.56 Å². The molecule has 0 saturated heterocycles. The molecule has 6 heteroatoms. The Hall–Kier alpha value is -3.67. The van der Waals surface area contributed by atoms with E-state index in [0.29, 0.717) is 40.5 Å². The van der Waals surface area contributed by atoms with Crippen LogP contribution in [0.4, 0.5) is 4.39 Å². The molecule has 0 aliphatic heterocycles. The number of rotatable bonds is 8. The van der Waals surface area contributed by atoms with Gasteiger partial charge in [-0.15, -0.1) is 0 Å². The summed E-state index contributed by atoms with van der Waals surface area (Å²) in [4.78, 5) is 24.6. The fourth-order valence-electron chi connectivity index (χ4n) is 3.94. The van der Waals surface area contributed by atoms with Crippen LogP contribution in [0.1, 0.15) is 41.1 Å². The van der Waals surface area contributed by atoms with E-state index in [2.05, 4.69) is 0 Å². The average molecular weight is 448 g/mol. The second kappa shape index (κ2) is 9.86. The van der Waals surface area contributed by atoms with Crippen molar-refractivity contribution in [3.8, 4) is 22.6 Å². The molecule has 0 heterocycles. The summed E-state index contributed by atoms with van der Waals surface area (Å²) in [5, 5.41) is 0. The zero-order valence-electron chi connectivity index (χ0n) is 18.5. The molecule has 1 fully saturated rings. The molecule has 0 radical (unpaired) electrons. The van der Waals surface area contributed by atoms with Gasteiger partial charge in [0.1, 0.15) is 17.3 Å². The van der Waals surface area contributed by atoms with E-state index >= 15 is 0 Å². The minimum Gasteiger partial charge on any atom is -0.497 e. The fraction of sp³-hybridized carbons (Fsp3) is 0.259. The van der Waals surface area contributed by atoms with Gasteiger partial charge in [-0.1, -0.05) is 24.3 Å². The molecule has 0 aromatic heterocycles. The summed E-state index contributed by atoms with van der Waals surface area (Å²) < 4.78 is 29.8. The Labute approximate surface area is 192 Å². The highest BCUT2D eigenvalue weighted by molar-refractivity contribution is 5.91. The minimum atomic E-state index is -0.496. The third kappa shape index (κ3) is 5.40. The van der Waals surface area contributed by atoms with Gasteiger partial charge in [-0.25, -0.2) is 9.18 Å². The van der Waals surface area contributed by atoms with Crippen molar-refractivity contribution in [1.82, 2.24) is 0 Å². The highest BCUT2D eigenvalue weighted by atomic mass is 19.1. The number of hydrogen-bond donors (Lipinski definition) is 0. The van der Waals surface area contributed by atoms with E-state index in [4.69, 9.17) is 14.2 Å². The van der Waals surface area contributed by atoms with Gasteiger partial charge in [0.15, 0.2) is 0 Å². The van der Waals surface area contributed by atoms with Crippen molar-refractivity contribution in [2.75, 3.05) is 14.2 Å². The number of benzene rings is 3. The van der Waals surface area contributed by atoms with Crippen molar-refractivity contribution in [3.05, 3.63) is 83.7 Å². The van der Waals surface area contributed by atoms with Crippen LogP contribution in [-0.4, -0.2) is 26.2 Å². The molecule has 3 aromatic rings. The highest BCUT2D eigenvalue weighted by Gasteiger charge is 2.34. The standard InChI is InChI=1S/C27H25FO5/c1-31-22-12-13-25(28)24(15-22)18-8-10-21(11-9-18)33-27(30)20-5-3-4-19(14-20)23(17-6-7-17)16-26(29)32-2/h3-5,8-15,17,23H,6-7,16H2,1-2H3/t23-/m0/s1. The van der Waals surface area contributed by atoms with E-state index in [-0.39, 0.29) is 17.7 Å². The predicted molar refractivity (Wildman–Crippen MR) is 122 cm³/mol. The summed E-state index contributed by atoms with van der Waals surface area (Å²) in [7, 11) is 2.91. The van der Waals surface area contributed by atoms with Crippen LogP contribution in [0.15, 0.2) is 66.7 Å². The van der Waals surface area contributed by atoms with Gasteiger partial charge in [0.05, 0.1) is 26.2 Å². The van der Waals surface area contributed by atoms with E-state index in [9.17, 15) is 14.0 Å². The highest BCUT2D eigenvalue weighted by Crippen LogP contribution is 2.44. The Morgan fingerprint density at radius 2 is 1.70 bits per heavy atom. The number of halogens is 1. The van der Waals surface area contributed by atoms with Crippen molar-refractivity contribution in [2.45, 2.75) is 25.2 Å². The van der Waals surface area contributed by atoms with Gasteiger partial charge in [-0.2, -0.15) is 0 Å². The van der Waals surface area contributed by atoms with E-state index in [1.54, 1.807) is 54.6 Å². The van der Waals surface area contributed by atoms with E-state index in [1.165, 1.54) is 20.3 Å². The Morgan fingerprint density at radius 1 is 0.970 bits per heavy atom. The second-order valence-electron chi connectivity index (χ2n) is 8.11. The summed E-state index contributed by atoms with van der Waals surface area (Å²) >= 11 is 0. The monoisotopic (exact) mass is 448 g/mol. The summed E-state index contributed by atoms with van der Waals surface area (Å²) in [5.41, 5.74) is 2.38. The minimum absolute atomic E-state index is 0.0299. The lowest BCUT2D eigenvalue weighted by atomic mass is 9.90. The topological polar surface area (TPSA) is 61.8 Å². The van der Waals surface area contributed by atoms with Gasteiger partial charge < -0.3 is 14.2 Å². The zero-order chi connectivity index (χ0) is 23.4. The molecule has 1 saturated carbocycles. The first-order valence-electron chi connectivity index (χ1n) is 10.8. The molecule has 4 rings (SSSR count). The van der Waals surface area contributed by atoms with Crippen LogP contribution >= 0.6 is 0 Å². The van der Waals surface area contributed by atoms with Crippen LogP contribution in [0.2, 0.25) is 0 Å². The summed E-state index contributed by atoms with van der Waals surface area (Å²) in [6, 6.07) is 18.4. The number of carbonyl (C=O) groups is 2. The van der Waals surface area contributed by atoms with Gasteiger partial charge in [-0.3, -0.25) is 4.79 Å². The van der Waals surface area contributed by atoms with Crippen molar-refractivity contribution >= 4 is 11.9 Å². The molecule has 3 aromatic carbocycles. The third-order valence-corrected chi connectivity index (χ3v) is 5.91. The first-order chi connectivity index (χ1) is 16.0. The first kappa shape index (κ1) is 22.5. The third-order valence-electron chi connectivity index (χ3n) is 5.91. The van der Waals surface area contributed by atoms with Crippen LogP contribution in [0.5, 0.6) is 11.5 Å². The quantitative estimate of drug-likeness (QED) is 0.323. The molecule has 0 unspecified atom stereocenters. The van der Waals surface area contributed by atoms with E-state index < -0.39 is 5.97 Å². The fourth-order valence-corrected chi connectivity index (χ4v) is 3.94. The van der Waals surface area contributed by atoms with E-state index in [1.807, 2.05) is 6.07 Å². The lowest BCUT2D eigenvalue weighted by Gasteiger charge is -2.16. The van der Waals surface area contributed by atoms with Crippen LogP contribution in [0.25, 0.3) is 11.1 Å². The molecule has 0 amide bonds. The molecular formula is C27H25FO5. The van der Waals surface area contributed by atoms with E-state index in [0.717, 1.165) is 18.4 Å². The second-order valence-corrected chi connectivity index (χ2v) is 8.11. The summed E-state index contributed by atoms with van der Waals surface area (Å²) in [5.74, 6) is 0.248.